The van der Waals surface area contributed by atoms with Gasteiger partial charge in [-0.15, -0.1) is 0 Å². The molecular formula is C14H11Cl3FN. The third-order valence-electron chi connectivity index (χ3n) is 2.77. The highest BCUT2D eigenvalue weighted by atomic mass is 35.5. The van der Waals surface area contributed by atoms with Crippen LogP contribution in [0.1, 0.15) is 18.5 Å². The van der Waals surface area contributed by atoms with Gasteiger partial charge in [0.15, 0.2) is 0 Å². The van der Waals surface area contributed by atoms with Crippen LogP contribution in [0.3, 0.4) is 0 Å². The number of para-hydroxylation sites is 1. The fourth-order valence-corrected chi connectivity index (χ4v) is 2.34. The molecule has 0 amide bonds. The maximum Gasteiger partial charge on any atom is 0.142 e. The van der Waals surface area contributed by atoms with E-state index in [1.165, 1.54) is 12.1 Å². The van der Waals surface area contributed by atoms with Crippen LogP contribution in [-0.2, 0) is 0 Å². The number of hydrogen-bond acceptors (Lipinski definition) is 1. The first kappa shape index (κ1) is 14.4. The summed E-state index contributed by atoms with van der Waals surface area (Å²) in [5, 5.41) is 4.32. The fraction of sp³-hybridized carbons (Fsp3) is 0.143. The Morgan fingerprint density at radius 2 is 1.63 bits per heavy atom. The van der Waals surface area contributed by atoms with E-state index in [0.29, 0.717) is 15.7 Å². The van der Waals surface area contributed by atoms with Crippen LogP contribution in [0, 0.1) is 5.82 Å². The molecule has 19 heavy (non-hydrogen) atoms. The van der Waals surface area contributed by atoms with Crippen LogP contribution in [0.4, 0.5) is 10.1 Å². The summed E-state index contributed by atoms with van der Waals surface area (Å²) in [4.78, 5) is 0. The van der Waals surface area contributed by atoms with Gasteiger partial charge in [0.05, 0.1) is 20.8 Å². The van der Waals surface area contributed by atoms with Crippen molar-refractivity contribution in [3.8, 4) is 0 Å². The van der Waals surface area contributed by atoms with E-state index in [4.69, 9.17) is 34.8 Å². The molecule has 0 radical (unpaired) electrons. The van der Waals surface area contributed by atoms with Gasteiger partial charge in [0, 0.05) is 6.04 Å². The summed E-state index contributed by atoms with van der Waals surface area (Å²) < 4.78 is 13.4. The zero-order valence-corrected chi connectivity index (χ0v) is 12.3. The van der Waals surface area contributed by atoms with Crippen LogP contribution in [0.2, 0.25) is 15.1 Å². The van der Waals surface area contributed by atoms with E-state index in [2.05, 4.69) is 5.32 Å². The Morgan fingerprint density at radius 1 is 1.00 bits per heavy atom. The second-order valence-corrected chi connectivity index (χ2v) is 5.36. The molecule has 0 bridgehead atoms. The molecular weight excluding hydrogens is 308 g/mol. The van der Waals surface area contributed by atoms with Crippen LogP contribution < -0.4 is 5.32 Å². The number of rotatable bonds is 3. The predicted molar refractivity (Wildman–Crippen MR) is 79.9 cm³/mol. The highest BCUT2D eigenvalue weighted by Crippen LogP contribution is 2.33. The highest BCUT2D eigenvalue weighted by molar-refractivity contribution is 6.39. The molecule has 0 heterocycles. The molecule has 1 atom stereocenters. The van der Waals surface area contributed by atoms with Crippen molar-refractivity contribution in [2.24, 2.45) is 0 Å². The van der Waals surface area contributed by atoms with Crippen molar-refractivity contribution in [1.82, 2.24) is 0 Å². The Kier molecular flexibility index (Phi) is 4.56. The summed E-state index contributed by atoms with van der Waals surface area (Å²) in [5.41, 5.74) is 1.39. The summed E-state index contributed by atoms with van der Waals surface area (Å²) >= 11 is 17.8. The normalized spacial score (nSPS) is 12.3. The Morgan fingerprint density at radius 3 is 2.21 bits per heavy atom. The van der Waals surface area contributed by atoms with Crippen molar-refractivity contribution in [2.75, 3.05) is 5.32 Å². The van der Waals surface area contributed by atoms with Gasteiger partial charge in [-0.1, -0.05) is 46.9 Å². The molecule has 100 valence electrons. The lowest BCUT2D eigenvalue weighted by Gasteiger charge is -2.18. The van der Waals surface area contributed by atoms with Gasteiger partial charge in [-0.3, -0.25) is 0 Å². The lowest BCUT2D eigenvalue weighted by molar-refractivity contribution is 0.624. The molecule has 0 saturated heterocycles. The van der Waals surface area contributed by atoms with Crippen LogP contribution in [-0.4, -0.2) is 0 Å². The van der Waals surface area contributed by atoms with Gasteiger partial charge in [0.2, 0.25) is 0 Å². The molecule has 0 saturated carbocycles. The fourth-order valence-electron chi connectivity index (χ4n) is 1.72. The highest BCUT2D eigenvalue weighted by Gasteiger charge is 2.12. The van der Waals surface area contributed by atoms with Crippen molar-refractivity contribution < 1.29 is 4.39 Å². The van der Waals surface area contributed by atoms with E-state index in [1.54, 1.807) is 24.3 Å². The summed E-state index contributed by atoms with van der Waals surface area (Å²) in [6.45, 7) is 1.89. The molecule has 0 spiro atoms. The summed E-state index contributed by atoms with van der Waals surface area (Å²) in [5.74, 6) is -0.446. The van der Waals surface area contributed by atoms with E-state index < -0.39 is 5.82 Å². The number of benzene rings is 2. The maximum atomic E-state index is 13.4. The minimum absolute atomic E-state index is 0.103. The van der Waals surface area contributed by atoms with Crippen LogP contribution in [0.5, 0.6) is 0 Å². The molecule has 2 rings (SSSR count). The topological polar surface area (TPSA) is 12.0 Å². The molecule has 1 unspecified atom stereocenters. The van der Waals surface area contributed by atoms with Gasteiger partial charge in [-0.25, -0.2) is 4.39 Å². The van der Waals surface area contributed by atoms with Gasteiger partial charge in [0.1, 0.15) is 5.82 Å². The second kappa shape index (κ2) is 6.00. The van der Waals surface area contributed by atoms with Gasteiger partial charge in [0.25, 0.3) is 0 Å². The Labute approximate surface area is 126 Å². The standard InChI is InChI=1S/C14H11Cl3FN/c1-8(9-5-6-10(15)13(18)7-9)19-14-11(16)3-2-4-12(14)17/h2-8,19H,1H3. The van der Waals surface area contributed by atoms with Crippen molar-refractivity contribution in [3.63, 3.8) is 0 Å². The van der Waals surface area contributed by atoms with E-state index in [1.807, 2.05) is 6.92 Å². The van der Waals surface area contributed by atoms with E-state index in [0.717, 1.165) is 5.56 Å². The van der Waals surface area contributed by atoms with Gasteiger partial charge in [-0.2, -0.15) is 0 Å². The molecule has 2 aromatic carbocycles. The average molecular weight is 319 g/mol. The number of anilines is 1. The van der Waals surface area contributed by atoms with Gasteiger partial charge < -0.3 is 5.32 Å². The average Bonchev–Trinajstić information content (AvgIpc) is 2.37. The molecule has 0 aromatic heterocycles. The Bertz CT molecular complexity index is 581. The largest absolute Gasteiger partial charge is 0.376 e. The Hall–Kier alpha value is -0.960. The van der Waals surface area contributed by atoms with E-state index in [9.17, 15) is 4.39 Å². The first-order chi connectivity index (χ1) is 8.99. The molecule has 1 nitrogen and oxygen atoms in total. The SMILES string of the molecule is CC(Nc1c(Cl)cccc1Cl)c1ccc(Cl)c(F)c1. The van der Waals surface area contributed by atoms with Gasteiger partial charge >= 0.3 is 0 Å². The zero-order chi connectivity index (χ0) is 14.0. The number of nitrogens with one attached hydrogen (secondary N) is 1. The first-order valence-electron chi connectivity index (χ1n) is 5.64. The summed E-state index contributed by atoms with van der Waals surface area (Å²) in [7, 11) is 0. The molecule has 2 aromatic rings. The summed E-state index contributed by atoms with van der Waals surface area (Å²) in [6.07, 6.45) is 0. The van der Waals surface area contributed by atoms with Crippen LogP contribution in [0.15, 0.2) is 36.4 Å². The predicted octanol–water partition coefficient (Wildman–Crippen LogP) is 5.96. The number of hydrogen-bond donors (Lipinski definition) is 1. The molecule has 0 aliphatic heterocycles. The lowest BCUT2D eigenvalue weighted by Crippen LogP contribution is -2.07. The third kappa shape index (κ3) is 3.33. The third-order valence-corrected chi connectivity index (χ3v) is 3.70. The van der Waals surface area contributed by atoms with E-state index in [-0.39, 0.29) is 11.1 Å². The monoisotopic (exact) mass is 317 g/mol. The zero-order valence-electron chi connectivity index (χ0n) is 10.1. The molecule has 0 fully saturated rings. The lowest BCUT2D eigenvalue weighted by atomic mass is 10.1. The second-order valence-electron chi connectivity index (χ2n) is 4.14. The number of halogens is 4. The molecule has 0 aliphatic carbocycles. The van der Waals surface area contributed by atoms with Gasteiger partial charge in [-0.05, 0) is 36.8 Å². The van der Waals surface area contributed by atoms with Crippen molar-refractivity contribution in [2.45, 2.75) is 13.0 Å². The van der Waals surface area contributed by atoms with Crippen molar-refractivity contribution >= 4 is 40.5 Å². The van der Waals surface area contributed by atoms with E-state index >= 15 is 0 Å². The maximum absolute atomic E-state index is 13.4. The first-order valence-corrected chi connectivity index (χ1v) is 6.78. The minimum atomic E-state index is -0.446. The van der Waals surface area contributed by atoms with Crippen molar-refractivity contribution in [1.29, 1.82) is 0 Å². The molecule has 5 heteroatoms. The molecule has 0 aliphatic rings. The molecule has 1 N–H and O–H groups in total. The summed E-state index contributed by atoms with van der Waals surface area (Å²) in [6, 6.07) is 9.78. The van der Waals surface area contributed by atoms with Crippen LogP contribution >= 0.6 is 34.8 Å². The Balaban J connectivity index is 2.25. The minimum Gasteiger partial charge on any atom is -0.376 e. The van der Waals surface area contributed by atoms with Crippen molar-refractivity contribution in [3.05, 3.63) is 62.8 Å². The van der Waals surface area contributed by atoms with Crippen LogP contribution in [0.25, 0.3) is 0 Å². The quantitative estimate of drug-likeness (QED) is 0.736. The smallest absolute Gasteiger partial charge is 0.142 e.